The van der Waals surface area contributed by atoms with Crippen LogP contribution in [0.5, 0.6) is 0 Å². The summed E-state index contributed by atoms with van der Waals surface area (Å²) >= 11 is 0. The first-order valence-electron chi connectivity index (χ1n) is 6.73. The van der Waals surface area contributed by atoms with E-state index in [2.05, 4.69) is 9.80 Å². The van der Waals surface area contributed by atoms with E-state index in [0.717, 1.165) is 37.8 Å². The Morgan fingerprint density at radius 3 is 3.00 bits per heavy atom. The van der Waals surface area contributed by atoms with Gasteiger partial charge in [-0.05, 0) is 37.1 Å². The second-order valence-electron chi connectivity index (χ2n) is 5.42. The van der Waals surface area contributed by atoms with Crippen LogP contribution in [0.3, 0.4) is 0 Å². The van der Waals surface area contributed by atoms with Crippen LogP contribution in [0.1, 0.15) is 18.4 Å². The van der Waals surface area contributed by atoms with Crippen LogP contribution >= 0.6 is 0 Å². The summed E-state index contributed by atoms with van der Waals surface area (Å²) in [5.41, 5.74) is 6.75. The maximum atomic E-state index is 13.4. The molecule has 0 amide bonds. The number of hydrogen-bond acceptors (Lipinski definition) is 3. The summed E-state index contributed by atoms with van der Waals surface area (Å²) in [5, 5.41) is 0. The summed E-state index contributed by atoms with van der Waals surface area (Å²) in [6.07, 6.45) is 2.64. The lowest BCUT2D eigenvalue weighted by Crippen LogP contribution is -2.49. The fourth-order valence-electron chi connectivity index (χ4n) is 3.13. The van der Waals surface area contributed by atoms with Crippen molar-refractivity contribution < 1.29 is 4.39 Å². The number of halogens is 1. The molecule has 18 heavy (non-hydrogen) atoms. The molecule has 2 saturated heterocycles. The van der Waals surface area contributed by atoms with Crippen molar-refractivity contribution in [2.24, 2.45) is 0 Å². The van der Waals surface area contributed by atoms with Crippen molar-refractivity contribution in [3.05, 3.63) is 29.6 Å². The highest BCUT2D eigenvalue weighted by atomic mass is 19.1. The zero-order chi connectivity index (χ0) is 12.5. The third-order valence-electron chi connectivity index (χ3n) is 4.14. The summed E-state index contributed by atoms with van der Waals surface area (Å²) in [4.78, 5) is 5.01. The van der Waals surface area contributed by atoms with Crippen LogP contribution in [0.15, 0.2) is 18.2 Å². The fourth-order valence-corrected chi connectivity index (χ4v) is 3.13. The minimum atomic E-state index is -0.299. The number of hydrogen-bond donors (Lipinski definition) is 1. The Hall–Kier alpha value is -1.13. The molecule has 4 heteroatoms. The summed E-state index contributed by atoms with van der Waals surface area (Å²) in [6.45, 7) is 5.45. The van der Waals surface area contributed by atoms with Crippen LogP contribution in [0.25, 0.3) is 0 Å². The lowest BCUT2D eigenvalue weighted by atomic mass is 10.1. The third-order valence-corrected chi connectivity index (χ3v) is 4.14. The Morgan fingerprint density at radius 2 is 2.17 bits per heavy atom. The van der Waals surface area contributed by atoms with E-state index in [4.69, 9.17) is 5.73 Å². The molecule has 0 aliphatic carbocycles. The quantitative estimate of drug-likeness (QED) is 0.810. The lowest BCUT2D eigenvalue weighted by molar-refractivity contribution is 0.0993. The van der Waals surface area contributed by atoms with Gasteiger partial charge in [-0.25, -0.2) is 4.39 Å². The standard InChI is InChI=1S/C14H20FN3/c15-13-8-11(3-4-14(13)16)9-17-6-7-18-5-1-2-12(18)10-17/h3-4,8,12H,1-2,5-7,9-10,16H2. The Balaban J connectivity index is 1.64. The maximum absolute atomic E-state index is 13.4. The molecule has 2 heterocycles. The fraction of sp³-hybridized carbons (Fsp3) is 0.571. The van der Waals surface area contributed by atoms with Gasteiger partial charge < -0.3 is 5.73 Å². The van der Waals surface area contributed by atoms with Crippen molar-refractivity contribution in [1.82, 2.24) is 9.80 Å². The van der Waals surface area contributed by atoms with E-state index in [9.17, 15) is 4.39 Å². The van der Waals surface area contributed by atoms with Crippen LogP contribution < -0.4 is 5.73 Å². The van der Waals surface area contributed by atoms with E-state index < -0.39 is 0 Å². The normalized spacial score (nSPS) is 25.3. The molecule has 1 aromatic rings. The maximum Gasteiger partial charge on any atom is 0.146 e. The van der Waals surface area contributed by atoms with E-state index in [1.165, 1.54) is 19.4 Å². The van der Waals surface area contributed by atoms with Crippen LogP contribution in [-0.4, -0.2) is 42.0 Å². The van der Waals surface area contributed by atoms with E-state index >= 15 is 0 Å². The smallest absolute Gasteiger partial charge is 0.146 e. The van der Waals surface area contributed by atoms with Crippen LogP contribution in [-0.2, 0) is 6.54 Å². The molecule has 0 radical (unpaired) electrons. The number of piperazine rings is 1. The topological polar surface area (TPSA) is 32.5 Å². The highest BCUT2D eigenvalue weighted by Crippen LogP contribution is 2.23. The van der Waals surface area contributed by atoms with Crippen molar-refractivity contribution in [1.29, 1.82) is 0 Å². The predicted molar refractivity (Wildman–Crippen MR) is 70.7 cm³/mol. The average Bonchev–Trinajstić information content (AvgIpc) is 2.81. The van der Waals surface area contributed by atoms with Gasteiger partial charge in [0.05, 0.1) is 5.69 Å². The number of nitrogens with zero attached hydrogens (tertiary/aromatic N) is 2. The summed E-state index contributed by atoms with van der Waals surface area (Å²) in [5.74, 6) is -0.299. The zero-order valence-corrected chi connectivity index (χ0v) is 10.6. The number of rotatable bonds is 2. The highest BCUT2D eigenvalue weighted by Gasteiger charge is 2.30. The second-order valence-corrected chi connectivity index (χ2v) is 5.42. The van der Waals surface area contributed by atoms with Gasteiger partial charge in [0.1, 0.15) is 5.82 Å². The first-order chi connectivity index (χ1) is 8.72. The Labute approximate surface area is 107 Å². The van der Waals surface area contributed by atoms with Crippen molar-refractivity contribution in [3.63, 3.8) is 0 Å². The number of nitrogens with two attached hydrogens (primary N) is 1. The molecular formula is C14H20FN3. The van der Waals surface area contributed by atoms with Crippen molar-refractivity contribution >= 4 is 5.69 Å². The van der Waals surface area contributed by atoms with Gasteiger partial charge in [-0.15, -0.1) is 0 Å². The highest BCUT2D eigenvalue weighted by molar-refractivity contribution is 5.41. The molecule has 2 aliphatic rings. The third kappa shape index (κ3) is 2.35. The molecule has 1 unspecified atom stereocenters. The number of fused-ring (bicyclic) bond motifs is 1. The van der Waals surface area contributed by atoms with E-state index in [-0.39, 0.29) is 11.5 Å². The minimum absolute atomic E-state index is 0.236. The Morgan fingerprint density at radius 1 is 1.28 bits per heavy atom. The molecule has 0 spiro atoms. The first kappa shape index (κ1) is 11.9. The van der Waals surface area contributed by atoms with Gasteiger partial charge in [0.15, 0.2) is 0 Å². The minimum Gasteiger partial charge on any atom is -0.396 e. The van der Waals surface area contributed by atoms with Crippen LogP contribution in [0.2, 0.25) is 0 Å². The zero-order valence-electron chi connectivity index (χ0n) is 10.6. The summed E-state index contributed by atoms with van der Waals surface area (Å²) in [6, 6.07) is 5.88. The van der Waals surface area contributed by atoms with Crippen molar-refractivity contribution in [2.75, 3.05) is 31.9 Å². The van der Waals surface area contributed by atoms with Crippen molar-refractivity contribution in [2.45, 2.75) is 25.4 Å². The molecule has 1 aromatic carbocycles. The first-order valence-corrected chi connectivity index (χ1v) is 6.73. The molecule has 2 fully saturated rings. The molecule has 2 N–H and O–H groups in total. The Bertz CT molecular complexity index is 435. The molecular weight excluding hydrogens is 229 g/mol. The lowest BCUT2D eigenvalue weighted by Gasteiger charge is -2.37. The van der Waals surface area contributed by atoms with Gasteiger partial charge in [0.2, 0.25) is 0 Å². The van der Waals surface area contributed by atoms with Crippen LogP contribution in [0.4, 0.5) is 10.1 Å². The van der Waals surface area contributed by atoms with Gasteiger partial charge in [-0.2, -0.15) is 0 Å². The summed E-state index contributed by atoms with van der Waals surface area (Å²) < 4.78 is 13.4. The Kier molecular flexibility index (Phi) is 3.22. The monoisotopic (exact) mass is 249 g/mol. The van der Waals surface area contributed by atoms with Crippen molar-refractivity contribution in [3.8, 4) is 0 Å². The van der Waals surface area contributed by atoms with Gasteiger partial charge in [-0.3, -0.25) is 9.80 Å². The summed E-state index contributed by atoms with van der Waals surface area (Å²) in [7, 11) is 0. The van der Waals surface area contributed by atoms with E-state index in [1.807, 2.05) is 6.07 Å². The SMILES string of the molecule is Nc1ccc(CN2CCN3CCCC3C2)cc1F. The molecule has 1 atom stereocenters. The molecule has 0 bridgehead atoms. The largest absolute Gasteiger partial charge is 0.396 e. The van der Waals surface area contributed by atoms with E-state index in [0.29, 0.717) is 0 Å². The molecule has 3 rings (SSSR count). The molecule has 3 nitrogen and oxygen atoms in total. The second kappa shape index (κ2) is 4.86. The van der Waals surface area contributed by atoms with Gasteiger partial charge in [0.25, 0.3) is 0 Å². The number of anilines is 1. The van der Waals surface area contributed by atoms with Crippen LogP contribution in [0, 0.1) is 5.82 Å². The van der Waals surface area contributed by atoms with E-state index in [1.54, 1.807) is 12.1 Å². The number of nitrogen functional groups attached to an aromatic ring is 1. The average molecular weight is 249 g/mol. The van der Waals surface area contributed by atoms with Gasteiger partial charge >= 0.3 is 0 Å². The molecule has 0 saturated carbocycles. The molecule has 2 aliphatic heterocycles. The predicted octanol–water partition coefficient (Wildman–Crippen LogP) is 1.69. The number of benzene rings is 1. The van der Waals surface area contributed by atoms with Gasteiger partial charge in [0, 0.05) is 32.2 Å². The van der Waals surface area contributed by atoms with Gasteiger partial charge in [-0.1, -0.05) is 6.07 Å². The molecule has 0 aromatic heterocycles. The molecule has 98 valence electrons.